The van der Waals surface area contributed by atoms with E-state index < -0.39 is 0 Å². The lowest BCUT2D eigenvalue weighted by atomic mass is 10.2. The molecular formula is C18H22N4O. The molecule has 0 saturated carbocycles. The van der Waals surface area contributed by atoms with Gasteiger partial charge in [0.05, 0.1) is 0 Å². The van der Waals surface area contributed by atoms with Gasteiger partial charge in [-0.05, 0) is 38.0 Å². The third-order valence-corrected chi connectivity index (χ3v) is 4.08. The van der Waals surface area contributed by atoms with Crippen molar-refractivity contribution in [2.45, 2.75) is 32.6 Å². The van der Waals surface area contributed by atoms with Gasteiger partial charge in [-0.1, -0.05) is 30.5 Å². The third kappa shape index (κ3) is 4.06. The Morgan fingerprint density at radius 2 is 1.74 bits per heavy atom. The topological polar surface area (TPSA) is 58.1 Å². The predicted molar refractivity (Wildman–Crippen MR) is 90.9 cm³/mol. The van der Waals surface area contributed by atoms with Crippen LogP contribution in [0.4, 0.5) is 11.6 Å². The lowest BCUT2D eigenvalue weighted by Crippen LogP contribution is -2.32. The smallest absolute Gasteiger partial charge is 0.272 e. The fourth-order valence-electron chi connectivity index (χ4n) is 2.74. The number of carbonyl (C=O) groups is 1. The van der Waals surface area contributed by atoms with E-state index in [1.807, 2.05) is 36.1 Å². The van der Waals surface area contributed by atoms with Crippen LogP contribution in [0.2, 0.25) is 0 Å². The number of hydrogen-bond donors (Lipinski definition) is 1. The van der Waals surface area contributed by atoms with Gasteiger partial charge >= 0.3 is 0 Å². The fourth-order valence-corrected chi connectivity index (χ4v) is 2.74. The summed E-state index contributed by atoms with van der Waals surface area (Å²) in [5, 5.41) is 3.15. The molecule has 0 spiro atoms. The Morgan fingerprint density at radius 1 is 1.04 bits per heavy atom. The Balaban J connectivity index is 1.73. The summed E-state index contributed by atoms with van der Waals surface area (Å²) < 4.78 is 0. The van der Waals surface area contributed by atoms with Gasteiger partial charge in [0.15, 0.2) is 0 Å². The lowest BCUT2D eigenvalue weighted by Gasteiger charge is -2.19. The molecule has 1 amide bonds. The first-order valence-corrected chi connectivity index (χ1v) is 8.18. The average Bonchev–Trinajstić information content (AvgIpc) is 2.86. The number of carbonyl (C=O) groups excluding carboxylic acids is 1. The van der Waals surface area contributed by atoms with Crippen LogP contribution in [0.5, 0.6) is 0 Å². The second-order valence-corrected chi connectivity index (χ2v) is 5.96. The number of aromatic nitrogens is 2. The molecule has 2 heterocycles. The van der Waals surface area contributed by atoms with E-state index in [4.69, 9.17) is 0 Å². The van der Waals surface area contributed by atoms with Crippen molar-refractivity contribution in [1.29, 1.82) is 0 Å². The summed E-state index contributed by atoms with van der Waals surface area (Å²) in [5.41, 5.74) is 2.56. The van der Waals surface area contributed by atoms with Crippen LogP contribution in [0, 0.1) is 6.92 Å². The van der Waals surface area contributed by atoms with Crippen LogP contribution in [-0.2, 0) is 0 Å². The van der Waals surface area contributed by atoms with E-state index in [1.165, 1.54) is 18.4 Å². The molecule has 0 atom stereocenters. The van der Waals surface area contributed by atoms with Crippen molar-refractivity contribution >= 4 is 17.5 Å². The molecule has 1 fully saturated rings. The van der Waals surface area contributed by atoms with Gasteiger partial charge in [-0.25, -0.2) is 9.97 Å². The summed E-state index contributed by atoms with van der Waals surface area (Å²) in [7, 11) is 0. The third-order valence-electron chi connectivity index (χ3n) is 4.08. The van der Waals surface area contributed by atoms with Crippen LogP contribution in [0.3, 0.4) is 0 Å². The van der Waals surface area contributed by atoms with Gasteiger partial charge in [-0.2, -0.15) is 0 Å². The molecule has 1 aliphatic rings. The minimum absolute atomic E-state index is 0.00116. The number of aryl methyl sites for hydroxylation is 1. The first-order valence-electron chi connectivity index (χ1n) is 8.18. The van der Waals surface area contributed by atoms with E-state index in [0.29, 0.717) is 11.6 Å². The second kappa shape index (κ2) is 7.22. The number of benzene rings is 1. The minimum atomic E-state index is 0.00116. The fraction of sp³-hybridized carbons (Fsp3) is 0.389. The van der Waals surface area contributed by atoms with E-state index in [2.05, 4.69) is 15.3 Å². The van der Waals surface area contributed by atoms with E-state index in [0.717, 1.165) is 31.6 Å². The number of likely N-dealkylation sites (tertiary alicyclic amines) is 1. The van der Waals surface area contributed by atoms with Crippen LogP contribution >= 0.6 is 0 Å². The quantitative estimate of drug-likeness (QED) is 0.942. The molecule has 1 N–H and O–H groups in total. The van der Waals surface area contributed by atoms with Crippen molar-refractivity contribution in [3.63, 3.8) is 0 Å². The summed E-state index contributed by atoms with van der Waals surface area (Å²) in [6.07, 6.45) is 6.19. The molecule has 5 nitrogen and oxygen atoms in total. The zero-order valence-electron chi connectivity index (χ0n) is 13.5. The molecule has 120 valence electrons. The zero-order chi connectivity index (χ0) is 16.1. The van der Waals surface area contributed by atoms with E-state index in [9.17, 15) is 4.79 Å². The predicted octanol–water partition coefficient (Wildman–Crippen LogP) is 3.54. The van der Waals surface area contributed by atoms with E-state index in [-0.39, 0.29) is 5.91 Å². The Kier molecular flexibility index (Phi) is 4.86. The lowest BCUT2D eigenvalue weighted by molar-refractivity contribution is 0.0755. The molecule has 5 heteroatoms. The molecular weight excluding hydrogens is 288 g/mol. The zero-order valence-corrected chi connectivity index (χ0v) is 13.5. The van der Waals surface area contributed by atoms with Gasteiger partial charge in [0.1, 0.15) is 5.69 Å². The van der Waals surface area contributed by atoms with Crippen LogP contribution in [0.1, 0.15) is 41.7 Å². The van der Waals surface area contributed by atoms with Gasteiger partial charge in [-0.15, -0.1) is 0 Å². The number of anilines is 2. The number of nitrogens with one attached hydrogen (secondary N) is 1. The molecule has 0 aliphatic carbocycles. The maximum atomic E-state index is 12.6. The van der Waals surface area contributed by atoms with Crippen LogP contribution in [-0.4, -0.2) is 33.9 Å². The molecule has 0 radical (unpaired) electrons. The highest BCUT2D eigenvalue weighted by atomic mass is 16.2. The second-order valence-electron chi connectivity index (χ2n) is 5.96. The van der Waals surface area contributed by atoms with Gasteiger partial charge in [0.25, 0.3) is 5.91 Å². The first-order chi connectivity index (χ1) is 11.2. The molecule has 0 bridgehead atoms. The number of amides is 1. The van der Waals surface area contributed by atoms with Gasteiger partial charge in [0.2, 0.25) is 5.95 Å². The maximum Gasteiger partial charge on any atom is 0.272 e. The molecule has 1 aromatic heterocycles. The Labute approximate surface area is 136 Å². The normalized spacial score (nSPS) is 15.1. The summed E-state index contributed by atoms with van der Waals surface area (Å²) in [4.78, 5) is 23.1. The van der Waals surface area contributed by atoms with Crippen molar-refractivity contribution < 1.29 is 4.79 Å². The first kappa shape index (κ1) is 15.5. The molecule has 23 heavy (non-hydrogen) atoms. The van der Waals surface area contributed by atoms with Crippen molar-refractivity contribution in [3.8, 4) is 0 Å². The summed E-state index contributed by atoms with van der Waals surface area (Å²) in [5.74, 6) is 0.454. The molecule has 1 saturated heterocycles. The number of hydrogen-bond acceptors (Lipinski definition) is 4. The monoisotopic (exact) mass is 310 g/mol. The van der Waals surface area contributed by atoms with Gasteiger partial charge in [0, 0.05) is 25.0 Å². The average molecular weight is 310 g/mol. The van der Waals surface area contributed by atoms with Crippen molar-refractivity contribution in [3.05, 3.63) is 47.8 Å². The molecule has 1 aromatic carbocycles. The van der Waals surface area contributed by atoms with Gasteiger partial charge in [-0.3, -0.25) is 4.79 Å². The van der Waals surface area contributed by atoms with Crippen LogP contribution in [0.15, 0.2) is 36.5 Å². The highest BCUT2D eigenvalue weighted by Gasteiger charge is 2.18. The van der Waals surface area contributed by atoms with Crippen molar-refractivity contribution in [1.82, 2.24) is 14.9 Å². The Morgan fingerprint density at radius 3 is 2.43 bits per heavy atom. The van der Waals surface area contributed by atoms with Gasteiger partial charge < -0.3 is 10.2 Å². The summed E-state index contributed by atoms with van der Waals surface area (Å²) in [6, 6.07) is 9.68. The van der Waals surface area contributed by atoms with Crippen LogP contribution < -0.4 is 5.32 Å². The van der Waals surface area contributed by atoms with E-state index >= 15 is 0 Å². The van der Waals surface area contributed by atoms with E-state index in [1.54, 1.807) is 12.3 Å². The molecule has 1 aliphatic heterocycles. The minimum Gasteiger partial charge on any atom is -0.337 e. The Hall–Kier alpha value is -2.43. The molecule has 2 aromatic rings. The molecule has 3 rings (SSSR count). The Bertz CT molecular complexity index is 661. The number of nitrogens with zero attached hydrogens (tertiary/aromatic N) is 3. The maximum absolute atomic E-state index is 12.6. The highest BCUT2D eigenvalue weighted by molar-refractivity contribution is 5.92. The SMILES string of the molecule is Cc1ccc(Nc2nccc(C(=O)N3CCCCCC3)n2)cc1. The van der Waals surface area contributed by atoms with Crippen molar-refractivity contribution in [2.24, 2.45) is 0 Å². The molecule has 0 unspecified atom stereocenters. The van der Waals surface area contributed by atoms with Crippen molar-refractivity contribution in [2.75, 3.05) is 18.4 Å². The standard InChI is InChI=1S/C18H22N4O/c1-14-6-8-15(9-7-14)20-18-19-11-10-16(21-18)17(23)22-12-4-2-3-5-13-22/h6-11H,2-5,12-13H2,1H3,(H,19,20,21). The summed E-state index contributed by atoms with van der Waals surface area (Å²) in [6.45, 7) is 3.69. The summed E-state index contributed by atoms with van der Waals surface area (Å²) >= 11 is 0. The number of rotatable bonds is 3. The van der Waals surface area contributed by atoms with Crippen LogP contribution in [0.25, 0.3) is 0 Å². The largest absolute Gasteiger partial charge is 0.337 e. The highest BCUT2D eigenvalue weighted by Crippen LogP contribution is 2.16.